The Bertz CT molecular complexity index is 672. The molecule has 22 heavy (non-hydrogen) atoms. The van der Waals surface area contributed by atoms with Crippen LogP contribution in [0, 0.1) is 20.8 Å². The van der Waals surface area contributed by atoms with Gasteiger partial charge in [-0.05, 0) is 20.8 Å². The Morgan fingerprint density at radius 3 is 2.18 bits per heavy atom. The number of aryl methyl sites for hydroxylation is 3. The Morgan fingerprint density at radius 1 is 0.909 bits per heavy atom. The van der Waals surface area contributed by atoms with Crippen molar-refractivity contribution in [3.63, 3.8) is 0 Å². The first-order valence-corrected chi connectivity index (χ1v) is 14.0. The number of hydrogen-bond donors (Lipinski definition) is 0. The van der Waals surface area contributed by atoms with Crippen LogP contribution in [0.25, 0.3) is 0 Å². The summed E-state index contributed by atoms with van der Waals surface area (Å²) < 4.78 is 0. The molecule has 2 aromatic rings. The molecule has 118 valence electrons. The van der Waals surface area contributed by atoms with Gasteiger partial charge < -0.3 is 0 Å². The van der Waals surface area contributed by atoms with Crippen LogP contribution in [0.4, 0.5) is 0 Å². The molecule has 0 bridgehead atoms. The van der Waals surface area contributed by atoms with Gasteiger partial charge >= 0.3 is 0 Å². The molecule has 0 fully saturated rings. The van der Waals surface area contributed by atoms with E-state index in [2.05, 4.69) is 76.8 Å². The molecule has 2 rings (SSSR count). The van der Waals surface area contributed by atoms with E-state index >= 15 is 0 Å². The molecule has 0 aliphatic rings. The van der Waals surface area contributed by atoms with Crippen LogP contribution in [0.2, 0.25) is 19.6 Å². The first-order valence-electron chi connectivity index (χ1n) is 7.97. The standard InChI is InChI=1S/C19H27ClSi2/c1-14-7-8-16(3)19(11-14)21(13-20)17-9-15(2)10-18(12-17)22(4,5)6/h7-12,21H,13H2,1-6H3. The molecule has 3 heteroatoms. The van der Waals surface area contributed by atoms with E-state index in [9.17, 15) is 0 Å². The third-order valence-corrected chi connectivity index (χ3v) is 10.1. The Balaban J connectivity index is 2.56. The molecule has 0 nitrogen and oxygen atoms in total. The van der Waals surface area contributed by atoms with Gasteiger partial charge in [-0.15, -0.1) is 11.6 Å². The molecule has 0 aliphatic carbocycles. The summed E-state index contributed by atoms with van der Waals surface area (Å²) >= 11 is 6.45. The van der Waals surface area contributed by atoms with E-state index in [-0.39, 0.29) is 0 Å². The summed E-state index contributed by atoms with van der Waals surface area (Å²) in [7, 11) is -2.64. The van der Waals surface area contributed by atoms with Crippen LogP contribution in [-0.4, -0.2) is 22.4 Å². The fourth-order valence-electron chi connectivity index (χ4n) is 2.93. The minimum atomic E-state index is -1.34. The number of rotatable bonds is 4. The Kier molecular flexibility index (Phi) is 5.36. The summed E-state index contributed by atoms with van der Waals surface area (Å²) in [5.74, 6) is 0. The van der Waals surface area contributed by atoms with Crippen molar-refractivity contribution in [1.82, 2.24) is 0 Å². The summed E-state index contributed by atoms with van der Waals surface area (Å²) in [6.07, 6.45) is 0. The molecule has 0 saturated carbocycles. The number of hydrogen-bond acceptors (Lipinski definition) is 0. The quantitative estimate of drug-likeness (QED) is 0.588. The lowest BCUT2D eigenvalue weighted by Crippen LogP contribution is -2.49. The van der Waals surface area contributed by atoms with Gasteiger partial charge in [0.15, 0.2) is 0 Å². The highest BCUT2D eigenvalue weighted by atomic mass is 35.5. The van der Waals surface area contributed by atoms with Crippen LogP contribution in [0.5, 0.6) is 0 Å². The van der Waals surface area contributed by atoms with E-state index in [0.717, 1.165) is 5.50 Å². The van der Waals surface area contributed by atoms with Crippen LogP contribution < -0.4 is 15.6 Å². The fraction of sp³-hybridized carbons (Fsp3) is 0.368. The lowest BCUT2D eigenvalue weighted by molar-refractivity contribution is 1.42. The zero-order chi connectivity index (χ0) is 16.5. The molecule has 1 atom stereocenters. The lowest BCUT2D eigenvalue weighted by Gasteiger charge is -2.22. The van der Waals surface area contributed by atoms with Gasteiger partial charge in [-0.3, -0.25) is 0 Å². The molecule has 0 saturated heterocycles. The van der Waals surface area contributed by atoms with Gasteiger partial charge in [0.1, 0.15) is 8.80 Å². The Labute approximate surface area is 143 Å². The monoisotopic (exact) mass is 346 g/mol. The van der Waals surface area contributed by atoms with Crippen LogP contribution >= 0.6 is 11.6 Å². The topological polar surface area (TPSA) is 0 Å². The van der Waals surface area contributed by atoms with Crippen LogP contribution in [-0.2, 0) is 0 Å². The molecular weight excluding hydrogens is 320 g/mol. The Morgan fingerprint density at radius 2 is 1.59 bits per heavy atom. The summed E-state index contributed by atoms with van der Waals surface area (Å²) in [6, 6.07) is 14.0. The summed E-state index contributed by atoms with van der Waals surface area (Å²) in [6.45, 7) is 13.9. The van der Waals surface area contributed by atoms with E-state index < -0.39 is 16.9 Å². The van der Waals surface area contributed by atoms with E-state index in [0.29, 0.717) is 0 Å². The molecule has 1 unspecified atom stereocenters. The van der Waals surface area contributed by atoms with E-state index in [1.807, 2.05) is 0 Å². The van der Waals surface area contributed by atoms with Crippen molar-refractivity contribution in [3.05, 3.63) is 53.1 Å². The zero-order valence-corrected chi connectivity index (χ0v) is 17.5. The predicted octanol–water partition coefficient (Wildman–Crippen LogP) is 3.28. The van der Waals surface area contributed by atoms with E-state index in [4.69, 9.17) is 11.6 Å². The van der Waals surface area contributed by atoms with Gasteiger partial charge in [-0.2, -0.15) is 0 Å². The molecule has 0 aromatic heterocycles. The van der Waals surface area contributed by atoms with Gasteiger partial charge in [-0.25, -0.2) is 0 Å². The third kappa shape index (κ3) is 3.92. The summed E-state index contributed by atoms with van der Waals surface area (Å²) in [5, 5.41) is 4.55. The first-order chi connectivity index (χ1) is 10.2. The average molecular weight is 347 g/mol. The van der Waals surface area contributed by atoms with Crippen molar-refractivity contribution >= 4 is 44.0 Å². The van der Waals surface area contributed by atoms with Gasteiger partial charge in [0.2, 0.25) is 0 Å². The van der Waals surface area contributed by atoms with E-state index in [1.54, 1.807) is 5.19 Å². The normalized spacial score (nSPS) is 13.2. The molecule has 2 aromatic carbocycles. The highest BCUT2D eigenvalue weighted by Crippen LogP contribution is 2.07. The van der Waals surface area contributed by atoms with Crippen LogP contribution in [0.1, 0.15) is 16.7 Å². The predicted molar refractivity (Wildman–Crippen MR) is 107 cm³/mol. The van der Waals surface area contributed by atoms with Gasteiger partial charge in [0, 0.05) is 5.50 Å². The number of benzene rings is 2. The lowest BCUT2D eigenvalue weighted by atomic mass is 10.2. The van der Waals surface area contributed by atoms with Crippen molar-refractivity contribution in [2.24, 2.45) is 0 Å². The smallest absolute Gasteiger partial charge is 0.118 e. The summed E-state index contributed by atoms with van der Waals surface area (Å²) in [5.41, 5.74) is 4.86. The van der Waals surface area contributed by atoms with Gasteiger partial charge in [0.05, 0.1) is 8.07 Å². The second-order valence-electron chi connectivity index (χ2n) is 7.45. The van der Waals surface area contributed by atoms with Crippen molar-refractivity contribution in [3.8, 4) is 0 Å². The Hall–Kier alpha value is -0.836. The average Bonchev–Trinajstić information content (AvgIpc) is 2.42. The maximum atomic E-state index is 6.45. The molecular formula is C19H27ClSi2. The van der Waals surface area contributed by atoms with Crippen molar-refractivity contribution in [2.45, 2.75) is 40.4 Å². The second-order valence-corrected chi connectivity index (χ2v) is 16.2. The van der Waals surface area contributed by atoms with Gasteiger partial charge in [0.25, 0.3) is 0 Å². The maximum absolute atomic E-state index is 6.45. The molecule has 0 spiro atoms. The highest BCUT2D eigenvalue weighted by molar-refractivity contribution is 6.92. The molecule has 0 N–H and O–H groups in total. The van der Waals surface area contributed by atoms with Crippen molar-refractivity contribution < 1.29 is 0 Å². The SMILES string of the molecule is Cc1cc([SiH](CCl)c2cc(C)ccc2C)cc([Si](C)(C)C)c1. The second kappa shape index (κ2) is 6.73. The van der Waals surface area contributed by atoms with Crippen molar-refractivity contribution in [1.29, 1.82) is 0 Å². The number of halogens is 1. The van der Waals surface area contributed by atoms with E-state index in [1.165, 1.54) is 27.1 Å². The number of alkyl halides is 1. The highest BCUT2D eigenvalue weighted by Gasteiger charge is 2.22. The zero-order valence-electron chi connectivity index (χ0n) is 14.6. The van der Waals surface area contributed by atoms with Gasteiger partial charge in [-0.1, -0.05) is 88.3 Å². The molecule has 0 heterocycles. The minimum Gasteiger partial charge on any atom is -0.130 e. The van der Waals surface area contributed by atoms with Crippen LogP contribution in [0.15, 0.2) is 36.4 Å². The molecule has 0 amide bonds. The summed E-state index contributed by atoms with van der Waals surface area (Å²) in [4.78, 5) is 0. The molecule has 0 radical (unpaired) electrons. The first kappa shape index (κ1) is 17.5. The third-order valence-electron chi connectivity index (χ3n) is 4.33. The van der Waals surface area contributed by atoms with Crippen molar-refractivity contribution in [2.75, 3.05) is 5.50 Å². The minimum absolute atomic E-state index is 0.763. The fourth-order valence-corrected chi connectivity index (χ4v) is 8.05. The molecule has 0 aliphatic heterocycles. The largest absolute Gasteiger partial charge is 0.130 e. The van der Waals surface area contributed by atoms with Crippen LogP contribution in [0.3, 0.4) is 0 Å². The maximum Gasteiger partial charge on any atom is 0.118 e.